The molecular weight excluding hydrogens is 388 g/mol. The summed E-state index contributed by atoms with van der Waals surface area (Å²) in [5.41, 5.74) is 1.39. The van der Waals surface area contributed by atoms with Crippen molar-refractivity contribution >= 4 is 30.0 Å². The summed E-state index contributed by atoms with van der Waals surface area (Å²) in [7, 11) is 4.65. The second-order valence-electron chi connectivity index (χ2n) is 5.31. The number of nitrogens with one attached hydrogen (secondary N) is 1. The fraction of sp³-hybridized carbons (Fsp3) is 0.167. The maximum Gasteiger partial charge on any atom is 0.216 e. The molecule has 1 N–H and O–H groups in total. The van der Waals surface area contributed by atoms with Gasteiger partial charge in [0, 0.05) is 11.1 Å². The van der Waals surface area contributed by atoms with Crippen LogP contribution in [0.4, 0.5) is 0 Å². The van der Waals surface area contributed by atoms with Crippen molar-refractivity contribution in [3.63, 3.8) is 0 Å². The minimum absolute atomic E-state index is 0.334. The first kappa shape index (κ1) is 18.9. The molecular formula is C18H17ClN4O3S. The predicted molar refractivity (Wildman–Crippen MR) is 107 cm³/mol. The number of hydrogen-bond acceptors (Lipinski definition) is 6. The third-order valence-electron chi connectivity index (χ3n) is 3.81. The second-order valence-corrected chi connectivity index (χ2v) is 6.11. The Morgan fingerprint density at radius 1 is 1.07 bits per heavy atom. The number of H-pyrrole nitrogens is 1. The van der Waals surface area contributed by atoms with Crippen LogP contribution in [0.3, 0.4) is 0 Å². The Kier molecular flexibility index (Phi) is 5.78. The number of aromatic nitrogens is 3. The van der Waals surface area contributed by atoms with Crippen LogP contribution in [0.25, 0.3) is 11.4 Å². The number of rotatable bonds is 6. The van der Waals surface area contributed by atoms with E-state index in [0.29, 0.717) is 44.0 Å². The molecule has 0 amide bonds. The van der Waals surface area contributed by atoms with Crippen LogP contribution in [0.15, 0.2) is 41.5 Å². The summed E-state index contributed by atoms with van der Waals surface area (Å²) >= 11 is 11.6. The van der Waals surface area contributed by atoms with Crippen molar-refractivity contribution in [1.82, 2.24) is 14.9 Å². The van der Waals surface area contributed by atoms with Gasteiger partial charge in [0.05, 0.1) is 32.6 Å². The lowest BCUT2D eigenvalue weighted by atomic mass is 10.2. The first-order valence-electron chi connectivity index (χ1n) is 7.86. The van der Waals surface area contributed by atoms with E-state index < -0.39 is 0 Å². The Hall–Kier alpha value is -2.84. The van der Waals surface area contributed by atoms with E-state index >= 15 is 0 Å². The van der Waals surface area contributed by atoms with Crippen LogP contribution < -0.4 is 14.2 Å². The van der Waals surface area contributed by atoms with Crippen molar-refractivity contribution in [3.8, 4) is 28.6 Å². The van der Waals surface area contributed by atoms with Gasteiger partial charge in [-0.25, -0.2) is 5.10 Å². The van der Waals surface area contributed by atoms with Gasteiger partial charge in [0.25, 0.3) is 0 Å². The highest BCUT2D eigenvalue weighted by Gasteiger charge is 2.15. The molecule has 0 spiro atoms. The van der Waals surface area contributed by atoms with Crippen molar-refractivity contribution in [2.24, 2.45) is 5.10 Å². The Bertz CT molecular complexity index is 1050. The molecule has 3 aromatic rings. The van der Waals surface area contributed by atoms with Gasteiger partial charge in [-0.15, -0.1) is 0 Å². The van der Waals surface area contributed by atoms with Crippen LogP contribution in [-0.4, -0.2) is 42.4 Å². The smallest absolute Gasteiger partial charge is 0.216 e. The average Bonchev–Trinajstić information content (AvgIpc) is 3.05. The van der Waals surface area contributed by atoms with E-state index in [2.05, 4.69) is 15.3 Å². The molecule has 0 aliphatic rings. The van der Waals surface area contributed by atoms with Crippen LogP contribution in [0.1, 0.15) is 5.56 Å². The molecule has 1 aromatic heterocycles. The molecule has 3 rings (SSSR count). The van der Waals surface area contributed by atoms with Gasteiger partial charge in [0.15, 0.2) is 17.3 Å². The zero-order valence-corrected chi connectivity index (χ0v) is 16.5. The van der Waals surface area contributed by atoms with Gasteiger partial charge in [-0.2, -0.15) is 14.9 Å². The Morgan fingerprint density at radius 3 is 2.48 bits per heavy atom. The zero-order chi connectivity index (χ0) is 19.4. The van der Waals surface area contributed by atoms with E-state index in [1.54, 1.807) is 39.7 Å². The number of nitrogens with zero attached hydrogens (tertiary/aromatic N) is 3. The summed E-state index contributed by atoms with van der Waals surface area (Å²) in [6, 6.07) is 10.9. The van der Waals surface area contributed by atoms with E-state index in [0.717, 1.165) is 0 Å². The maximum absolute atomic E-state index is 6.27. The molecule has 0 fully saturated rings. The minimum Gasteiger partial charge on any atom is -0.493 e. The largest absolute Gasteiger partial charge is 0.493 e. The lowest BCUT2D eigenvalue weighted by molar-refractivity contribution is 0.324. The Balaban J connectivity index is 2.07. The molecule has 9 heteroatoms. The molecule has 0 bridgehead atoms. The van der Waals surface area contributed by atoms with Gasteiger partial charge < -0.3 is 14.2 Å². The third-order valence-corrected chi connectivity index (χ3v) is 4.41. The van der Waals surface area contributed by atoms with Crippen LogP contribution in [-0.2, 0) is 0 Å². The second kappa shape index (κ2) is 8.24. The molecule has 2 aromatic carbocycles. The molecule has 27 heavy (non-hydrogen) atoms. The monoisotopic (exact) mass is 404 g/mol. The quantitative estimate of drug-likeness (QED) is 0.493. The molecule has 0 unspecified atom stereocenters. The molecule has 0 aliphatic heterocycles. The highest BCUT2D eigenvalue weighted by molar-refractivity contribution is 7.71. The molecule has 1 heterocycles. The van der Waals surface area contributed by atoms with Gasteiger partial charge >= 0.3 is 0 Å². The van der Waals surface area contributed by atoms with E-state index in [4.69, 9.17) is 38.0 Å². The first-order valence-corrected chi connectivity index (χ1v) is 8.65. The van der Waals surface area contributed by atoms with Crippen LogP contribution in [0.5, 0.6) is 17.2 Å². The van der Waals surface area contributed by atoms with Crippen LogP contribution >= 0.6 is 23.8 Å². The van der Waals surface area contributed by atoms with E-state index in [1.165, 1.54) is 4.68 Å². The maximum atomic E-state index is 6.27. The van der Waals surface area contributed by atoms with Gasteiger partial charge in [-0.3, -0.25) is 0 Å². The lowest BCUT2D eigenvalue weighted by Crippen LogP contribution is -2.00. The van der Waals surface area contributed by atoms with Crippen LogP contribution in [0.2, 0.25) is 5.02 Å². The van der Waals surface area contributed by atoms with Gasteiger partial charge in [-0.1, -0.05) is 23.7 Å². The molecule has 0 aliphatic carbocycles. The van der Waals surface area contributed by atoms with E-state index in [-0.39, 0.29) is 0 Å². The number of methoxy groups -OCH3 is 3. The summed E-state index contributed by atoms with van der Waals surface area (Å²) in [4.78, 5) is 0. The Morgan fingerprint density at radius 2 is 1.81 bits per heavy atom. The van der Waals surface area contributed by atoms with Crippen molar-refractivity contribution in [2.45, 2.75) is 0 Å². The third kappa shape index (κ3) is 3.67. The number of benzene rings is 2. The number of ether oxygens (including phenoxy) is 3. The van der Waals surface area contributed by atoms with Crippen LogP contribution in [0, 0.1) is 4.77 Å². The normalized spacial score (nSPS) is 11.0. The predicted octanol–water partition coefficient (Wildman–Crippen LogP) is 4.17. The first-order chi connectivity index (χ1) is 13.1. The number of aromatic amines is 1. The minimum atomic E-state index is 0.334. The molecule has 0 saturated heterocycles. The van der Waals surface area contributed by atoms with Crippen molar-refractivity contribution < 1.29 is 14.2 Å². The number of halogens is 1. The SMILES string of the molecule is COc1ccc(C=Nn2c(-c3ccccc3Cl)n[nH]c2=S)c(OC)c1OC. The summed E-state index contributed by atoms with van der Waals surface area (Å²) in [6.07, 6.45) is 1.60. The molecule has 0 radical (unpaired) electrons. The molecule has 0 saturated carbocycles. The molecule has 7 nitrogen and oxygen atoms in total. The van der Waals surface area contributed by atoms with Crippen molar-refractivity contribution in [1.29, 1.82) is 0 Å². The summed E-state index contributed by atoms with van der Waals surface area (Å²) in [5.74, 6) is 2.03. The Labute approximate surface area is 166 Å². The fourth-order valence-corrected chi connectivity index (χ4v) is 2.96. The van der Waals surface area contributed by atoms with Gasteiger partial charge in [-0.05, 0) is 36.5 Å². The highest BCUT2D eigenvalue weighted by atomic mass is 35.5. The molecule has 0 atom stereocenters. The topological polar surface area (TPSA) is 73.7 Å². The standard InChI is InChI=1S/C18H17ClN4O3S/c1-24-14-9-8-11(15(25-2)16(14)26-3)10-20-23-17(21-22-18(23)27)12-6-4-5-7-13(12)19/h4-10H,1-3H3,(H,22,27). The van der Waals surface area contributed by atoms with E-state index in [9.17, 15) is 0 Å². The molecule has 140 valence electrons. The van der Waals surface area contributed by atoms with Crippen molar-refractivity contribution in [2.75, 3.05) is 21.3 Å². The fourth-order valence-electron chi connectivity index (χ4n) is 2.56. The number of hydrogen-bond donors (Lipinski definition) is 1. The zero-order valence-electron chi connectivity index (χ0n) is 14.9. The van der Waals surface area contributed by atoms with Gasteiger partial charge in [0.2, 0.25) is 10.5 Å². The van der Waals surface area contributed by atoms with E-state index in [1.807, 2.05) is 24.3 Å². The summed E-state index contributed by atoms with van der Waals surface area (Å²) < 4.78 is 18.0. The average molecular weight is 405 g/mol. The highest BCUT2D eigenvalue weighted by Crippen LogP contribution is 2.39. The lowest BCUT2D eigenvalue weighted by Gasteiger charge is -2.13. The summed E-state index contributed by atoms with van der Waals surface area (Å²) in [6.45, 7) is 0. The van der Waals surface area contributed by atoms with Gasteiger partial charge in [0.1, 0.15) is 0 Å². The summed E-state index contributed by atoms with van der Waals surface area (Å²) in [5, 5.41) is 12.0. The van der Waals surface area contributed by atoms with Crippen molar-refractivity contribution in [3.05, 3.63) is 51.8 Å².